The Hall–Kier alpha value is -4.66. The lowest BCUT2D eigenvalue weighted by Gasteiger charge is -2.41. The predicted octanol–water partition coefficient (Wildman–Crippen LogP) is 5.42. The minimum absolute atomic E-state index is 0.00656. The topological polar surface area (TPSA) is 164 Å². The maximum absolute atomic E-state index is 14.4. The van der Waals surface area contributed by atoms with Crippen LogP contribution in [0.5, 0.6) is 0 Å². The van der Waals surface area contributed by atoms with Crippen LogP contribution in [-0.4, -0.2) is 141 Å². The van der Waals surface area contributed by atoms with Gasteiger partial charge in [0.05, 0.1) is 54.3 Å². The van der Waals surface area contributed by atoms with Gasteiger partial charge in [-0.1, -0.05) is 97.4 Å². The number of hydrogen-bond donors (Lipinski definition) is 2. The lowest BCUT2D eigenvalue weighted by molar-refractivity contribution is -0.148. The average Bonchev–Trinajstić information content (AvgIpc) is 3.73. The number of Topliss-reactive ketones (excluding diaryl/α,β-unsaturated/α-hetero) is 1. The van der Waals surface area contributed by atoms with Gasteiger partial charge in [-0.3, -0.25) is 28.9 Å². The Morgan fingerprint density at radius 2 is 1.43 bits per heavy atom. The summed E-state index contributed by atoms with van der Waals surface area (Å²) in [6.07, 6.45) is 1.13. The molecule has 0 bridgehead atoms. The quantitative estimate of drug-likeness (QED) is 0.103. The van der Waals surface area contributed by atoms with Gasteiger partial charge < -0.3 is 34.6 Å². The molecule has 0 aromatic heterocycles. The summed E-state index contributed by atoms with van der Waals surface area (Å²) in [5.41, 5.74) is 1.71. The number of likely N-dealkylation sites (N-methyl/N-ethyl adjacent to an activating group) is 2. The number of benzene rings is 2. The zero-order chi connectivity index (χ0) is 47.1. The SMILES string of the molecule is CC[C@H](C)[C@@H]([C@@H](CC(=O)N1CCC[C@H]1[C@H](OC)[C@@H](C)C(=O)N[C@H](COC(=O)c1ccc(C(C)=O)cc1)Cc1ccccc1)OC)N(C)C(=O)[C@@H](NC(=O)[C@H](C(C)C)N(C)C)C(C)C. The molecule has 1 fully saturated rings. The normalized spacial score (nSPS) is 17.9. The molecule has 1 aliphatic rings. The summed E-state index contributed by atoms with van der Waals surface area (Å²) in [5.74, 6) is -2.54. The van der Waals surface area contributed by atoms with Crippen LogP contribution in [0.15, 0.2) is 54.6 Å². The molecule has 9 atom stereocenters. The van der Waals surface area contributed by atoms with Crippen molar-refractivity contribution in [3.63, 3.8) is 0 Å². The van der Waals surface area contributed by atoms with Crippen molar-refractivity contribution in [2.75, 3.05) is 48.5 Å². The Kier molecular flexibility index (Phi) is 20.9. The first-order valence-electron chi connectivity index (χ1n) is 22.5. The van der Waals surface area contributed by atoms with Crippen LogP contribution in [0.1, 0.15) is 107 Å². The highest BCUT2D eigenvalue weighted by molar-refractivity contribution is 5.96. The van der Waals surface area contributed by atoms with Crippen LogP contribution in [0.4, 0.5) is 0 Å². The van der Waals surface area contributed by atoms with Crippen molar-refractivity contribution in [3.05, 3.63) is 71.3 Å². The van der Waals surface area contributed by atoms with E-state index in [1.807, 2.05) is 90.9 Å². The summed E-state index contributed by atoms with van der Waals surface area (Å²) in [6, 6.07) is 13.1. The molecule has 0 unspecified atom stereocenters. The molecule has 4 amide bonds. The summed E-state index contributed by atoms with van der Waals surface area (Å²) < 4.78 is 17.8. The van der Waals surface area contributed by atoms with E-state index < -0.39 is 54.3 Å². The van der Waals surface area contributed by atoms with E-state index in [0.717, 1.165) is 12.0 Å². The molecule has 1 aliphatic heterocycles. The van der Waals surface area contributed by atoms with E-state index in [4.69, 9.17) is 14.2 Å². The first-order chi connectivity index (χ1) is 29.8. The van der Waals surface area contributed by atoms with Gasteiger partial charge in [0.2, 0.25) is 23.6 Å². The Morgan fingerprint density at radius 3 is 1.95 bits per heavy atom. The third-order valence-electron chi connectivity index (χ3n) is 12.6. The van der Waals surface area contributed by atoms with Gasteiger partial charge in [-0.25, -0.2) is 4.79 Å². The monoisotopic (exact) mass is 878 g/mol. The maximum Gasteiger partial charge on any atom is 0.338 e. The van der Waals surface area contributed by atoms with E-state index in [9.17, 15) is 28.8 Å². The molecule has 0 radical (unpaired) electrons. The van der Waals surface area contributed by atoms with Crippen molar-refractivity contribution in [2.45, 2.75) is 130 Å². The highest BCUT2D eigenvalue weighted by atomic mass is 16.5. The number of hydrogen-bond acceptors (Lipinski definition) is 10. The summed E-state index contributed by atoms with van der Waals surface area (Å²) >= 11 is 0. The van der Waals surface area contributed by atoms with E-state index in [1.165, 1.54) is 6.92 Å². The number of esters is 1. The zero-order valence-corrected chi connectivity index (χ0v) is 40.0. The van der Waals surface area contributed by atoms with Crippen LogP contribution >= 0.6 is 0 Å². The first-order valence-corrected chi connectivity index (χ1v) is 22.5. The van der Waals surface area contributed by atoms with Crippen LogP contribution in [0.3, 0.4) is 0 Å². The molecule has 350 valence electrons. The Bertz CT molecular complexity index is 1800. The van der Waals surface area contributed by atoms with Crippen molar-refractivity contribution in [3.8, 4) is 0 Å². The number of carbonyl (C=O) groups is 6. The second-order valence-electron chi connectivity index (χ2n) is 18.1. The van der Waals surface area contributed by atoms with Gasteiger partial charge >= 0.3 is 5.97 Å². The summed E-state index contributed by atoms with van der Waals surface area (Å²) in [7, 11) is 8.52. The highest BCUT2D eigenvalue weighted by Gasteiger charge is 2.43. The highest BCUT2D eigenvalue weighted by Crippen LogP contribution is 2.30. The smallest absolute Gasteiger partial charge is 0.338 e. The molecular formula is C49H75N5O9. The predicted molar refractivity (Wildman–Crippen MR) is 244 cm³/mol. The van der Waals surface area contributed by atoms with E-state index in [2.05, 4.69) is 10.6 Å². The van der Waals surface area contributed by atoms with Crippen LogP contribution in [-0.2, 0) is 39.8 Å². The largest absolute Gasteiger partial charge is 0.460 e. The van der Waals surface area contributed by atoms with E-state index in [0.29, 0.717) is 31.4 Å². The molecule has 2 aromatic rings. The molecule has 1 saturated heterocycles. The fourth-order valence-corrected chi connectivity index (χ4v) is 8.89. The number of nitrogens with one attached hydrogen (secondary N) is 2. The number of ketones is 1. The Labute approximate surface area is 376 Å². The third-order valence-corrected chi connectivity index (χ3v) is 12.6. The fraction of sp³-hybridized carbons (Fsp3) is 0.633. The molecule has 3 rings (SSSR count). The number of amides is 4. The van der Waals surface area contributed by atoms with Crippen molar-refractivity contribution < 1.29 is 43.0 Å². The number of rotatable bonds is 24. The Morgan fingerprint density at radius 1 is 0.810 bits per heavy atom. The molecule has 0 aliphatic carbocycles. The van der Waals surface area contributed by atoms with Gasteiger partial charge in [-0.15, -0.1) is 0 Å². The van der Waals surface area contributed by atoms with Gasteiger partial charge in [0.25, 0.3) is 0 Å². The number of methoxy groups -OCH3 is 2. The molecular weight excluding hydrogens is 803 g/mol. The number of carbonyl (C=O) groups excluding carboxylic acids is 6. The van der Waals surface area contributed by atoms with Crippen molar-refractivity contribution >= 4 is 35.4 Å². The van der Waals surface area contributed by atoms with Crippen molar-refractivity contribution in [1.82, 2.24) is 25.3 Å². The lowest BCUT2D eigenvalue weighted by Crippen LogP contribution is -2.59. The molecule has 63 heavy (non-hydrogen) atoms. The van der Waals surface area contributed by atoms with Gasteiger partial charge in [0.1, 0.15) is 12.6 Å². The van der Waals surface area contributed by atoms with Crippen LogP contribution in [0, 0.1) is 23.7 Å². The maximum atomic E-state index is 14.4. The third kappa shape index (κ3) is 14.4. The molecule has 0 spiro atoms. The van der Waals surface area contributed by atoms with Crippen LogP contribution < -0.4 is 10.6 Å². The molecule has 14 nitrogen and oxygen atoms in total. The van der Waals surface area contributed by atoms with Crippen LogP contribution in [0.2, 0.25) is 0 Å². The van der Waals surface area contributed by atoms with Gasteiger partial charge in [0, 0.05) is 33.4 Å². The number of likely N-dealkylation sites (tertiary alicyclic amines) is 1. The van der Waals surface area contributed by atoms with Crippen LogP contribution in [0.25, 0.3) is 0 Å². The lowest BCUT2D eigenvalue weighted by atomic mass is 9.89. The minimum atomic E-state index is -0.785. The van der Waals surface area contributed by atoms with E-state index >= 15 is 0 Å². The molecule has 1 heterocycles. The molecule has 0 saturated carbocycles. The molecule has 2 N–H and O–H groups in total. The minimum Gasteiger partial charge on any atom is -0.460 e. The second-order valence-corrected chi connectivity index (χ2v) is 18.1. The molecule has 2 aromatic carbocycles. The summed E-state index contributed by atoms with van der Waals surface area (Å²) in [4.78, 5) is 86.4. The van der Waals surface area contributed by atoms with Crippen molar-refractivity contribution in [1.29, 1.82) is 0 Å². The molecule has 14 heteroatoms. The van der Waals surface area contributed by atoms with E-state index in [-0.39, 0.29) is 65.8 Å². The number of ether oxygens (including phenoxy) is 3. The van der Waals surface area contributed by atoms with Gasteiger partial charge in [-0.2, -0.15) is 0 Å². The fourth-order valence-electron chi connectivity index (χ4n) is 8.89. The zero-order valence-electron chi connectivity index (χ0n) is 40.0. The van der Waals surface area contributed by atoms with Gasteiger partial charge in [0.15, 0.2) is 5.78 Å². The summed E-state index contributed by atoms with van der Waals surface area (Å²) in [6.45, 7) is 15.4. The standard InChI is InChI=1S/C49H75N5O9/c1-14-32(6)44(53(11)48(59)42(30(2)3)51-47(58)43(31(4)5)52(9)10)40(61-12)28-41(56)54-26-18-21-39(54)45(62-13)33(7)46(57)50-38(27-35-19-16-15-17-20-35)29-63-49(60)37-24-22-36(23-25-37)34(8)55/h15-17,19-20,22-25,30-33,38-40,42-45H,14,18,21,26-29H2,1-13H3,(H,50,57)(H,51,58)/t32-,33+,38-,39-,40+,42-,43-,44-,45+/m0/s1. The average molecular weight is 878 g/mol. The second kappa shape index (κ2) is 25.0. The van der Waals surface area contributed by atoms with Crippen molar-refractivity contribution in [2.24, 2.45) is 23.7 Å². The number of nitrogens with zero attached hydrogens (tertiary/aromatic N) is 3. The van der Waals surface area contributed by atoms with E-state index in [1.54, 1.807) is 62.3 Å². The Balaban J connectivity index is 1.79. The van der Waals surface area contributed by atoms with Gasteiger partial charge in [-0.05, 0) is 75.7 Å². The first kappa shape index (κ1) is 52.7. The summed E-state index contributed by atoms with van der Waals surface area (Å²) in [5, 5.41) is 6.13.